The van der Waals surface area contributed by atoms with Crippen molar-refractivity contribution in [3.05, 3.63) is 53.8 Å². The highest BCUT2D eigenvalue weighted by Crippen LogP contribution is 2.32. The lowest BCUT2D eigenvalue weighted by atomic mass is 10.2. The standard InChI is InChI=1S/C18H16FNO5/c1-11(25-18(22)12-2-4-13(19)5-3-12)17(21)20-14-6-7-15-16(10-14)24-9-8-23-15/h2-7,10-11H,8-9H2,1H3,(H,20,21)/t11-/m1/s1. The molecular weight excluding hydrogens is 329 g/mol. The van der Waals surface area contributed by atoms with Gasteiger partial charge in [-0.2, -0.15) is 0 Å². The van der Waals surface area contributed by atoms with Crippen LogP contribution in [0.25, 0.3) is 0 Å². The van der Waals surface area contributed by atoms with Gasteiger partial charge in [0.15, 0.2) is 17.6 Å². The van der Waals surface area contributed by atoms with E-state index in [4.69, 9.17) is 14.2 Å². The molecular formula is C18H16FNO5. The SMILES string of the molecule is C[C@@H](OC(=O)c1ccc(F)cc1)C(=O)Nc1ccc2c(c1)OCCO2. The predicted octanol–water partition coefficient (Wildman–Crippen LogP) is 2.78. The van der Waals surface area contributed by atoms with Crippen LogP contribution in [0.5, 0.6) is 11.5 Å². The zero-order valence-electron chi connectivity index (χ0n) is 13.5. The molecule has 1 amide bonds. The fourth-order valence-corrected chi connectivity index (χ4v) is 2.23. The number of hydrogen-bond donors (Lipinski definition) is 1. The molecule has 1 N–H and O–H groups in total. The molecule has 1 heterocycles. The average Bonchev–Trinajstić information content (AvgIpc) is 2.62. The van der Waals surface area contributed by atoms with E-state index in [1.165, 1.54) is 19.1 Å². The van der Waals surface area contributed by atoms with Crippen LogP contribution in [0.15, 0.2) is 42.5 Å². The molecule has 0 radical (unpaired) electrons. The van der Waals surface area contributed by atoms with E-state index in [1.54, 1.807) is 18.2 Å². The molecule has 0 aromatic heterocycles. The van der Waals surface area contributed by atoms with Gasteiger partial charge in [-0.15, -0.1) is 0 Å². The van der Waals surface area contributed by atoms with Gasteiger partial charge in [-0.05, 0) is 43.3 Å². The van der Waals surface area contributed by atoms with Gasteiger partial charge in [-0.1, -0.05) is 0 Å². The molecule has 0 unspecified atom stereocenters. The maximum absolute atomic E-state index is 12.9. The Bertz CT molecular complexity index is 791. The van der Waals surface area contributed by atoms with Gasteiger partial charge in [0.05, 0.1) is 5.56 Å². The Morgan fingerprint density at radius 3 is 2.48 bits per heavy atom. The van der Waals surface area contributed by atoms with E-state index in [9.17, 15) is 14.0 Å². The molecule has 2 aromatic rings. The Kier molecular flexibility index (Phi) is 4.83. The summed E-state index contributed by atoms with van der Waals surface area (Å²) < 4.78 is 28.8. The molecule has 0 fully saturated rings. The van der Waals surface area contributed by atoms with E-state index in [-0.39, 0.29) is 5.56 Å². The lowest BCUT2D eigenvalue weighted by molar-refractivity contribution is -0.123. The highest BCUT2D eigenvalue weighted by atomic mass is 19.1. The van der Waals surface area contributed by atoms with Crippen LogP contribution in [0.3, 0.4) is 0 Å². The number of halogens is 1. The second kappa shape index (κ2) is 7.21. The Balaban J connectivity index is 1.60. The van der Waals surface area contributed by atoms with Gasteiger partial charge in [0.2, 0.25) is 0 Å². The molecule has 130 valence electrons. The van der Waals surface area contributed by atoms with E-state index in [0.717, 1.165) is 12.1 Å². The van der Waals surface area contributed by atoms with Crippen molar-refractivity contribution in [3.8, 4) is 11.5 Å². The number of fused-ring (bicyclic) bond motifs is 1. The molecule has 1 atom stereocenters. The number of anilines is 1. The molecule has 6 nitrogen and oxygen atoms in total. The van der Waals surface area contributed by atoms with E-state index < -0.39 is 23.8 Å². The average molecular weight is 345 g/mol. The van der Waals surface area contributed by atoms with Crippen molar-refractivity contribution >= 4 is 17.6 Å². The van der Waals surface area contributed by atoms with Gasteiger partial charge >= 0.3 is 5.97 Å². The number of benzene rings is 2. The van der Waals surface area contributed by atoms with Gasteiger partial charge in [0, 0.05) is 11.8 Å². The third-order valence-electron chi connectivity index (χ3n) is 3.54. The molecule has 0 spiro atoms. The number of nitrogens with one attached hydrogen (secondary N) is 1. The minimum Gasteiger partial charge on any atom is -0.486 e. The molecule has 25 heavy (non-hydrogen) atoms. The Morgan fingerprint density at radius 1 is 1.08 bits per heavy atom. The summed E-state index contributed by atoms with van der Waals surface area (Å²) >= 11 is 0. The zero-order valence-corrected chi connectivity index (χ0v) is 13.5. The van der Waals surface area contributed by atoms with Gasteiger partial charge in [0.1, 0.15) is 19.0 Å². The molecule has 1 aliphatic heterocycles. The number of hydrogen-bond acceptors (Lipinski definition) is 5. The first-order valence-corrected chi connectivity index (χ1v) is 7.70. The van der Waals surface area contributed by atoms with E-state index >= 15 is 0 Å². The number of esters is 1. The third kappa shape index (κ3) is 4.06. The van der Waals surface area contributed by atoms with Crippen molar-refractivity contribution in [1.82, 2.24) is 0 Å². The molecule has 2 aromatic carbocycles. The molecule has 0 aliphatic carbocycles. The lowest BCUT2D eigenvalue weighted by Crippen LogP contribution is -2.30. The van der Waals surface area contributed by atoms with Crippen LogP contribution in [-0.4, -0.2) is 31.2 Å². The highest BCUT2D eigenvalue weighted by molar-refractivity contribution is 5.97. The van der Waals surface area contributed by atoms with E-state index in [2.05, 4.69) is 5.32 Å². The first kappa shape index (κ1) is 16.8. The highest BCUT2D eigenvalue weighted by Gasteiger charge is 2.20. The maximum atomic E-state index is 12.9. The first-order valence-electron chi connectivity index (χ1n) is 7.70. The predicted molar refractivity (Wildman–Crippen MR) is 87.3 cm³/mol. The molecule has 7 heteroatoms. The molecule has 1 aliphatic rings. The normalized spacial score (nSPS) is 13.7. The number of rotatable bonds is 4. The maximum Gasteiger partial charge on any atom is 0.338 e. The van der Waals surface area contributed by atoms with Crippen LogP contribution in [0.4, 0.5) is 10.1 Å². The number of carbonyl (C=O) groups is 2. The summed E-state index contributed by atoms with van der Waals surface area (Å²) in [6.45, 7) is 2.37. The Labute approximate surface area is 143 Å². The van der Waals surface area contributed by atoms with Crippen LogP contribution < -0.4 is 14.8 Å². The molecule has 3 rings (SSSR count). The monoisotopic (exact) mass is 345 g/mol. The van der Waals surface area contributed by atoms with E-state index in [0.29, 0.717) is 30.4 Å². The topological polar surface area (TPSA) is 73.9 Å². The van der Waals surface area contributed by atoms with Crippen molar-refractivity contribution in [2.24, 2.45) is 0 Å². The Morgan fingerprint density at radius 2 is 1.76 bits per heavy atom. The smallest absolute Gasteiger partial charge is 0.338 e. The van der Waals surface area contributed by atoms with Gasteiger partial charge in [-0.3, -0.25) is 4.79 Å². The lowest BCUT2D eigenvalue weighted by Gasteiger charge is -2.19. The Hall–Kier alpha value is -3.09. The van der Waals surface area contributed by atoms with Crippen LogP contribution in [0.2, 0.25) is 0 Å². The summed E-state index contributed by atoms with van der Waals surface area (Å²) in [4.78, 5) is 24.1. The van der Waals surface area contributed by atoms with Gasteiger partial charge in [-0.25, -0.2) is 9.18 Å². The van der Waals surface area contributed by atoms with Crippen molar-refractivity contribution in [3.63, 3.8) is 0 Å². The molecule has 0 saturated heterocycles. The van der Waals surface area contributed by atoms with Gasteiger partial charge in [0.25, 0.3) is 5.91 Å². The minimum absolute atomic E-state index is 0.167. The third-order valence-corrected chi connectivity index (χ3v) is 3.54. The second-order valence-electron chi connectivity index (χ2n) is 5.40. The first-order chi connectivity index (χ1) is 12.0. The van der Waals surface area contributed by atoms with Crippen molar-refractivity contribution in [2.75, 3.05) is 18.5 Å². The summed E-state index contributed by atoms with van der Waals surface area (Å²) in [5.41, 5.74) is 0.666. The van der Waals surface area contributed by atoms with Crippen molar-refractivity contribution in [2.45, 2.75) is 13.0 Å². The molecule has 0 bridgehead atoms. The zero-order chi connectivity index (χ0) is 17.8. The van der Waals surface area contributed by atoms with Crippen molar-refractivity contribution < 1.29 is 28.2 Å². The van der Waals surface area contributed by atoms with Crippen LogP contribution in [0.1, 0.15) is 17.3 Å². The minimum atomic E-state index is -1.02. The number of carbonyl (C=O) groups excluding carboxylic acids is 2. The van der Waals surface area contributed by atoms with Crippen LogP contribution in [0, 0.1) is 5.82 Å². The summed E-state index contributed by atoms with van der Waals surface area (Å²) in [7, 11) is 0. The summed E-state index contributed by atoms with van der Waals surface area (Å²) in [6, 6.07) is 9.89. The van der Waals surface area contributed by atoms with Crippen molar-refractivity contribution in [1.29, 1.82) is 0 Å². The number of amides is 1. The fourth-order valence-electron chi connectivity index (χ4n) is 2.23. The number of ether oxygens (including phenoxy) is 3. The summed E-state index contributed by atoms with van der Waals surface area (Å²) in [6.07, 6.45) is -1.02. The second-order valence-corrected chi connectivity index (χ2v) is 5.40. The largest absolute Gasteiger partial charge is 0.486 e. The molecule has 0 saturated carbocycles. The summed E-state index contributed by atoms with van der Waals surface area (Å²) in [5.74, 6) is -0.502. The summed E-state index contributed by atoms with van der Waals surface area (Å²) in [5, 5.41) is 2.65. The van der Waals surface area contributed by atoms with E-state index in [1.807, 2.05) is 0 Å². The van der Waals surface area contributed by atoms with Crippen LogP contribution in [-0.2, 0) is 9.53 Å². The quantitative estimate of drug-likeness (QED) is 0.863. The fraction of sp³-hybridized carbons (Fsp3) is 0.222. The van der Waals surface area contributed by atoms with Gasteiger partial charge < -0.3 is 19.5 Å². The van der Waals surface area contributed by atoms with Crippen LogP contribution >= 0.6 is 0 Å².